The molecule has 0 spiro atoms. The van der Waals surface area contributed by atoms with Crippen LogP contribution in [0, 0.1) is 0 Å². The minimum Gasteiger partial charge on any atom is -0.444 e. The van der Waals surface area contributed by atoms with E-state index in [1.54, 1.807) is 182 Å². The summed E-state index contributed by atoms with van der Waals surface area (Å²) in [6.45, 7) is 10.8. The SMILES string of the molecule is CCCCNC(=O)O[C@@H]1C[C@@H](C(O)(c2ccccc2)c2ccccc2)N(C(=O)c2cc(C(=O)N3C[C@H](OC(=O)NCCCC)C[C@H]3C(O)(c3ccccc3)c3ccccc3)cc(C(=O)N3C[C@H](OC(=O)NCCC[Si](OCC)(OCC)OCC)C[C@H]3C(O)(c3ccccc3)c3ccccc3)c2)C1. The van der Waals surface area contributed by atoms with Crippen LogP contribution >= 0.6 is 0 Å². The largest absolute Gasteiger partial charge is 0.500 e. The number of likely N-dealkylation sites (tertiary alicyclic amines) is 3. The van der Waals surface area contributed by atoms with Crippen LogP contribution < -0.4 is 16.0 Å². The molecule has 6 atom stereocenters. The molecule has 22 heteroatoms. The second-order valence-corrected chi connectivity index (χ2v) is 28.8. The fourth-order valence-corrected chi connectivity index (χ4v) is 17.2. The van der Waals surface area contributed by atoms with E-state index in [1.807, 2.05) is 34.6 Å². The second kappa shape index (κ2) is 35.1. The van der Waals surface area contributed by atoms with Crippen LogP contribution in [0.5, 0.6) is 0 Å². The fraction of sp³-hybridized carbons (Fsp3) is 0.400. The maximum atomic E-state index is 16.6. The van der Waals surface area contributed by atoms with Crippen molar-refractivity contribution in [2.24, 2.45) is 0 Å². The smallest absolute Gasteiger partial charge is 0.444 e. The lowest BCUT2D eigenvalue weighted by atomic mass is 9.78. The van der Waals surface area contributed by atoms with E-state index in [4.69, 9.17) is 27.5 Å². The Morgan fingerprint density at radius 1 is 0.382 bits per heavy atom. The van der Waals surface area contributed by atoms with Gasteiger partial charge in [-0.2, -0.15) is 0 Å². The van der Waals surface area contributed by atoms with Crippen molar-refractivity contribution in [2.75, 3.05) is 59.1 Å². The Bertz CT molecular complexity index is 3590. The van der Waals surface area contributed by atoms with Gasteiger partial charge in [-0.3, -0.25) is 14.4 Å². The molecule has 102 heavy (non-hydrogen) atoms. The molecule has 0 unspecified atom stereocenters. The zero-order chi connectivity index (χ0) is 72.3. The third kappa shape index (κ3) is 17.1. The van der Waals surface area contributed by atoms with Crippen LogP contribution in [0.15, 0.2) is 200 Å². The number of nitrogens with one attached hydrogen (secondary N) is 3. The van der Waals surface area contributed by atoms with E-state index in [1.165, 1.54) is 32.9 Å². The van der Waals surface area contributed by atoms with Gasteiger partial charge in [0.15, 0.2) is 0 Å². The van der Waals surface area contributed by atoms with Crippen LogP contribution in [0.25, 0.3) is 0 Å². The number of unbranched alkanes of at least 4 members (excludes halogenated alkanes) is 2. The summed E-state index contributed by atoms with van der Waals surface area (Å²) in [5, 5.41) is 49.6. The molecule has 3 aliphatic heterocycles. The highest BCUT2D eigenvalue weighted by Gasteiger charge is 2.55. The van der Waals surface area contributed by atoms with Gasteiger partial charge in [-0.1, -0.05) is 209 Å². The number of nitrogens with zero attached hydrogens (tertiary/aromatic N) is 3. The standard InChI is InChI=1S/C80H96N6O15Si/c1-6-11-44-81-75(90)99-66-51-69(78(93,60-32-19-13-20-33-60)61-34-21-14-22-35-61)84(54-66)72(87)57-48-58(73(88)85-55-67(100-76(91)82-45-12-7-2)52-70(85)79(94,62-36-23-15-24-37-62)63-38-25-16-26-39-63)50-59(49-57)74(89)86-56-68(101-77(92)83-46-31-47-102(96-8-3,97-9-4)98-10-5)53-71(86)80(95,64-40-27-17-28-41-64)65-42-29-18-30-43-65/h13-30,32-43,48-50,66-71,93-95H,6-12,31,44-47,51-56H2,1-5H3,(H,81,90)(H,82,91)(H,83,92)/t66-,67-,68-,69+,70+,71+/m1/s1. The summed E-state index contributed by atoms with van der Waals surface area (Å²) in [7, 11) is -3.07. The molecular weight excluding hydrogens is 1310 g/mol. The van der Waals surface area contributed by atoms with E-state index in [9.17, 15) is 29.7 Å². The van der Waals surface area contributed by atoms with Gasteiger partial charge in [-0.15, -0.1) is 0 Å². The highest BCUT2D eigenvalue weighted by molar-refractivity contribution is 6.60. The van der Waals surface area contributed by atoms with Gasteiger partial charge in [-0.25, -0.2) is 14.4 Å². The number of carbonyl (C=O) groups excluding carboxylic acids is 6. The van der Waals surface area contributed by atoms with Crippen molar-refractivity contribution >= 4 is 44.8 Å². The first-order chi connectivity index (χ1) is 49.4. The summed E-state index contributed by atoms with van der Waals surface area (Å²) in [5.41, 5.74) is -3.99. The fourth-order valence-electron chi connectivity index (χ4n) is 14.6. The number of hydrogen-bond acceptors (Lipinski definition) is 15. The average molecular weight is 1410 g/mol. The molecule has 6 N–H and O–H groups in total. The molecule has 21 nitrogen and oxygen atoms in total. The van der Waals surface area contributed by atoms with E-state index in [-0.39, 0.29) is 62.1 Å². The van der Waals surface area contributed by atoms with Crippen LogP contribution in [-0.2, 0) is 44.3 Å². The van der Waals surface area contributed by atoms with Gasteiger partial charge in [0.1, 0.15) is 35.1 Å². The number of amides is 6. The Morgan fingerprint density at radius 3 is 0.843 bits per heavy atom. The summed E-state index contributed by atoms with van der Waals surface area (Å²) in [4.78, 5) is 95.2. The summed E-state index contributed by atoms with van der Waals surface area (Å²) in [6.07, 6.45) is -2.03. The molecule has 3 fully saturated rings. The minimum absolute atomic E-state index is 0.0592. The van der Waals surface area contributed by atoms with Crippen molar-refractivity contribution in [3.8, 4) is 0 Å². The molecule has 7 aromatic carbocycles. The molecule has 3 aliphatic rings. The van der Waals surface area contributed by atoms with Gasteiger partial charge in [0.05, 0.1) is 37.8 Å². The first-order valence-corrected chi connectivity index (χ1v) is 37.7. The molecule has 6 amide bonds. The number of ether oxygens (including phenoxy) is 3. The number of aliphatic hydroxyl groups is 3. The van der Waals surface area contributed by atoms with Crippen LogP contribution in [-0.4, -0.2) is 170 Å². The van der Waals surface area contributed by atoms with Gasteiger partial charge < -0.3 is 73.5 Å². The number of carbonyl (C=O) groups is 6. The molecule has 3 heterocycles. The van der Waals surface area contributed by atoms with Crippen LogP contribution in [0.3, 0.4) is 0 Å². The van der Waals surface area contributed by atoms with Crippen molar-refractivity contribution in [1.82, 2.24) is 30.7 Å². The summed E-state index contributed by atoms with van der Waals surface area (Å²) in [6, 6.07) is 54.1. The third-order valence-corrected chi connectivity index (χ3v) is 22.6. The molecule has 0 aliphatic carbocycles. The summed E-state index contributed by atoms with van der Waals surface area (Å²) < 4.78 is 36.6. The Morgan fingerprint density at radius 2 is 0.618 bits per heavy atom. The molecule has 0 radical (unpaired) electrons. The Labute approximate surface area is 598 Å². The maximum absolute atomic E-state index is 16.6. The van der Waals surface area contributed by atoms with E-state index >= 15 is 14.4 Å². The molecule has 0 aromatic heterocycles. The van der Waals surface area contributed by atoms with Gasteiger partial charge in [0, 0.05) is 81.5 Å². The molecule has 10 rings (SSSR count). The number of rotatable bonds is 31. The zero-order valence-electron chi connectivity index (χ0n) is 58.8. The minimum atomic E-state index is -3.07. The van der Waals surface area contributed by atoms with Crippen molar-refractivity contribution in [1.29, 1.82) is 0 Å². The van der Waals surface area contributed by atoms with Crippen LogP contribution in [0.4, 0.5) is 14.4 Å². The monoisotopic (exact) mass is 1410 g/mol. The quantitative estimate of drug-likeness (QED) is 0.0134. The van der Waals surface area contributed by atoms with Gasteiger partial charge in [0.2, 0.25) is 0 Å². The number of alkyl carbamates (subject to hydrolysis) is 3. The molecule has 3 saturated heterocycles. The normalized spacial score (nSPS) is 18.5. The number of benzene rings is 7. The van der Waals surface area contributed by atoms with Crippen molar-refractivity contribution < 1.29 is 71.6 Å². The lowest BCUT2D eigenvalue weighted by molar-refractivity contribution is -0.00186. The molecule has 0 bridgehead atoms. The Hall–Kier alpha value is -9.26. The Balaban J connectivity index is 1.12. The lowest BCUT2D eigenvalue weighted by Gasteiger charge is -2.40. The van der Waals surface area contributed by atoms with E-state index in [2.05, 4.69) is 16.0 Å². The number of hydrogen-bond donors (Lipinski definition) is 6. The first-order valence-electron chi connectivity index (χ1n) is 35.8. The Kier molecular flexibility index (Phi) is 25.9. The molecule has 7 aromatic rings. The van der Waals surface area contributed by atoms with Gasteiger partial charge >= 0.3 is 27.1 Å². The predicted molar refractivity (Wildman–Crippen MR) is 387 cm³/mol. The highest BCUT2D eigenvalue weighted by atomic mass is 28.4. The van der Waals surface area contributed by atoms with Crippen LogP contribution in [0.1, 0.15) is 150 Å². The molecular formula is C80H96N6O15Si. The van der Waals surface area contributed by atoms with Crippen molar-refractivity contribution in [3.63, 3.8) is 0 Å². The molecule has 0 saturated carbocycles. The van der Waals surface area contributed by atoms with Crippen molar-refractivity contribution in [2.45, 2.75) is 145 Å². The van der Waals surface area contributed by atoms with Gasteiger partial charge in [-0.05, 0) is 91.6 Å². The summed E-state index contributed by atoms with van der Waals surface area (Å²) in [5.74, 6) is -2.29. The molecule has 540 valence electrons. The third-order valence-electron chi connectivity index (χ3n) is 19.4. The first kappa shape index (κ1) is 75.4. The second-order valence-electron chi connectivity index (χ2n) is 26.1. The summed E-state index contributed by atoms with van der Waals surface area (Å²) >= 11 is 0. The lowest BCUT2D eigenvalue weighted by Crippen LogP contribution is -2.51. The van der Waals surface area contributed by atoms with E-state index in [0.717, 1.165) is 12.8 Å². The predicted octanol–water partition coefficient (Wildman–Crippen LogP) is 11.5. The van der Waals surface area contributed by atoms with E-state index in [0.29, 0.717) is 91.6 Å². The van der Waals surface area contributed by atoms with Gasteiger partial charge in [0.25, 0.3) is 17.7 Å². The van der Waals surface area contributed by atoms with Crippen LogP contribution in [0.2, 0.25) is 6.04 Å². The highest BCUT2D eigenvalue weighted by Crippen LogP contribution is 2.46. The maximum Gasteiger partial charge on any atom is 0.500 e. The van der Waals surface area contributed by atoms with E-state index < -0.39 is 98.0 Å². The van der Waals surface area contributed by atoms with Crippen molar-refractivity contribution in [3.05, 3.63) is 250 Å². The topological polar surface area (TPSA) is 264 Å². The average Bonchev–Trinajstić information content (AvgIpc) is 1.48. The zero-order valence-corrected chi connectivity index (χ0v) is 59.8.